The zero-order chi connectivity index (χ0) is 23.5. The van der Waals surface area contributed by atoms with E-state index in [-0.39, 0.29) is 17.6 Å². The Morgan fingerprint density at radius 3 is 2.52 bits per heavy atom. The van der Waals surface area contributed by atoms with E-state index in [0.717, 1.165) is 10.9 Å². The number of hydrogen-bond acceptors (Lipinski definition) is 4. The minimum absolute atomic E-state index is 0.00473. The molecule has 0 bridgehead atoms. The maximum absolute atomic E-state index is 14.9. The van der Waals surface area contributed by atoms with Gasteiger partial charge in [-0.25, -0.2) is 19.2 Å². The van der Waals surface area contributed by atoms with Gasteiger partial charge < -0.3 is 20.9 Å². The van der Waals surface area contributed by atoms with Crippen molar-refractivity contribution in [2.45, 2.75) is 26.8 Å². The molecule has 4 rings (SSSR count). The van der Waals surface area contributed by atoms with Crippen LogP contribution in [-0.4, -0.2) is 32.9 Å². The molecule has 168 valence electrons. The number of aryl methyl sites for hydroxylation is 1. The largest absolute Gasteiger partial charge is 0.350 e. The number of urea groups is 1. The van der Waals surface area contributed by atoms with Gasteiger partial charge in [0.05, 0.1) is 5.69 Å². The van der Waals surface area contributed by atoms with Gasteiger partial charge in [-0.3, -0.25) is 4.79 Å². The van der Waals surface area contributed by atoms with Crippen molar-refractivity contribution in [2.24, 2.45) is 0 Å². The van der Waals surface area contributed by atoms with Crippen molar-refractivity contribution in [1.82, 2.24) is 20.3 Å². The van der Waals surface area contributed by atoms with E-state index < -0.39 is 11.8 Å². The van der Waals surface area contributed by atoms with Crippen LogP contribution in [0.5, 0.6) is 0 Å². The molecular formula is C24H23FN6O2. The van der Waals surface area contributed by atoms with Crippen LogP contribution in [-0.2, 0) is 0 Å². The number of H-pyrrole nitrogens is 1. The standard InChI is InChI=1S/C24H23FN6O2/c1-13(2)29-23(32)15-5-4-6-16(9-15)30-24(33)31-17-7-8-18(19(25)10-17)21-20-14(3)11-26-22(20)28-12-27-21/h4-13H,1-3H3,(H,29,32)(H,26,27,28)(H2,30,31,33). The van der Waals surface area contributed by atoms with Gasteiger partial charge in [-0.05, 0) is 62.7 Å². The van der Waals surface area contributed by atoms with Crippen molar-refractivity contribution in [3.05, 3.63) is 71.9 Å². The highest BCUT2D eigenvalue weighted by atomic mass is 19.1. The SMILES string of the molecule is Cc1c[nH]c2ncnc(-c3ccc(NC(=O)Nc4cccc(C(=O)NC(C)C)c4)cc3F)c12. The molecule has 0 unspecified atom stereocenters. The molecule has 4 aromatic rings. The summed E-state index contributed by atoms with van der Waals surface area (Å²) in [7, 11) is 0. The number of anilines is 2. The van der Waals surface area contributed by atoms with Gasteiger partial charge in [0.15, 0.2) is 0 Å². The number of benzene rings is 2. The summed E-state index contributed by atoms with van der Waals surface area (Å²) in [5, 5.41) is 8.80. The molecule has 0 radical (unpaired) electrons. The van der Waals surface area contributed by atoms with Crippen LogP contribution < -0.4 is 16.0 Å². The van der Waals surface area contributed by atoms with E-state index in [0.29, 0.717) is 28.2 Å². The van der Waals surface area contributed by atoms with Gasteiger partial charge in [0.1, 0.15) is 17.8 Å². The molecule has 0 atom stereocenters. The van der Waals surface area contributed by atoms with Crippen LogP contribution in [0.15, 0.2) is 55.0 Å². The lowest BCUT2D eigenvalue weighted by atomic mass is 10.1. The molecule has 2 aromatic heterocycles. The Labute approximate surface area is 189 Å². The molecule has 2 aromatic carbocycles. The second kappa shape index (κ2) is 9.07. The number of carbonyl (C=O) groups excluding carboxylic acids is 2. The molecule has 4 N–H and O–H groups in total. The Bertz CT molecular complexity index is 1350. The number of halogens is 1. The minimum atomic E-state index is -0.561. The lowest BCUT2D eigenvalue weighted by Crippen LogP contribution is -2.30. The molecule has 3 amide bonds. The van der Waals surface area contributed by atoms with Gasteiger partial charge in [-0.1, -0.05) is 6.07 Å². The molecule has 0 fully saturated rings. The zero-order valence-electron chi connectivity index (χ0n) is 18.4. The van der Waals surface area contributed by atoms with Gasteiger partial charge >= 0.3 is 6.03 Å². The molecule has 8 nitrogen and oxygen atoms in total. The Balaban J connectivity index is 1.49. The lowest BCUT2D eigenvalue weighted by molar-refractivity contribution is 0.0943. The Morgan fingerprint density at radius 1 is 1.03 bits per heavy atom. The number of nitrogens with one attached hydrogen (secondary N) is 4. The van der Waals surface area contributed by atoms with E-state index in [9.17, 15) is 14.0 Å². The van der Waals surface area contributed by atoms with Gasteiger partial charge in [-0.15, -0.1) is 0 Å². The zero-order valence-corrected chi connectivity index (χ0v) is 18.4. The van der Waals surface area contributed by atoms with Gasteiger partial charge in [-0.2, -0.15) is 0 Å². The number of fused-ring (bicyclic) bond motifs is 1. The first-order chi connectivity index (χ1) is 15.8. The summed E-state index contributed by atoms with van der Waals surface area (Å²) in [6.07, 6.45) is 3.17. The summed E-state index contributed by atoms with van der Waals surface area (Å²) in [4.78, 5) is 36.0. The van der Waals surface area contributed by atoms with Crippen LogP contribution in [0, 0.1) is 12.7 Å². The monoisotopic (exact) mass is 446 g/mol. The van der Waals surface area contributed by atoms with Crippen molar-refractivity contribution in [2.75, 3.05) is 10.6 Å². The highest BCUT2D eigenvalue weighted by Gasteiger charge is 2.15. The molecule has 33 heavy (non-hydrogen) atoms. The fourth-order valence-electron chi connectivity index (χ4n) is 3.48. The van der Waals surface area contributed by atoms with Gasteiger partial charge in [0, 0.05) is 40.1 Å². The number of rotatable bonds is 5. The van der Waals surface area contributed by atoms with Crippen molar-refractivity contribution in [1.29, 1.82) is 0 Å². The molecule has 9 heteroatoms. The number of hydrogen-bond donors (Lipinski definition) is 4. The lowest BCUT2D eigenvalue weighted by Gasteiger charge is -2.12. The number of aromatic amines is 1. The van der Waals surface area contributed by atoms with E-state index in [4.69, 9.17) is 0 Å². The normalized spacial score (nSPS) is 10.9. The summed E-state index contributed by atoms with van der Waals surface area (Å²) < 4.78 is 14.9. The van der Waals surface area contributed by atoms with Crippen LogP contribution in [0.25, 0.3) is 22.3 Å². The van der Waals surface area contributed by atoms with Crippen molar-refractivity contribution >= 4 is 34.3 Å². The average Bonchev–Trinajstić information content (AvgIpc) is 3.15. The molecular weight excluding hydrogens is 423 g/mol. The van der Waals surface area contributed by atoms with E-state index in [2.05, 4.69) is 30.9 Å². The molecule has 0 saturated heterocycles. The smallest absolute Gasteiger partial charge is 0.323 e. The maximum Gasteiger partial charge on any atom is 0.323 e. The van der Waals surface area contributed by atoms with E-state index in [1.807, 2.05) is 20.8 Å². The number of carbonyl (C=O) groups is 2. The first-order valence-corrected chi connectivity index (χ1v) is 10.4. The molecule has 0 aliphatic rings. The van der Waals surface area contributed by atoms with Crippen molar-refractivity contribution in [3.63, 3.8) is 0 Å². The van der Waals surface area contributed by atoms with Crippen molar-refractivity contribution in [3.8, 4) is 11.3 Å². The van der Waals surface area contributed by atoms with Gasteiger partial charge in [0.2, 0.25) is 0 Å². The predicted octanol–water partition coefficient (Wildman–Crippen LogP) is 4.85. The van der Waals surface area contributed by atoms with Crippen LogP contribution in [0.3, 0.4) is 0 Å². The fourth-order valence-corrected chi connectivity index (χ4v) is 3.48. The quantitative estimate of drug-likeness (QED) is 0.351. The van der Waals surface area contributed by atoms with Crippen LogP contribution in [0.4, 0.5) is 20.6 Å². The molecule has 0 aliphatic carbocycles. The Morgan fingerprint density at radius 2 is 1.79 bits per heavy atom. The topological polar surface area (TPSA) is 112 Å². The Hall–Kier alpha value is -4.27. The third-order valence-corrected chi connectivity index (χ3v) is 4.95. The first kappa shape index (κ1) is 21.9. The first-order valence-electron chi connectivity index (χ1n) is 10.4. The minimum Gasteiger partial charge on any atom is -0.350 e. The highest BCUT2D eigenvalue weighted by Crippen LogP contribution is 2.30. The summed E-state index contributed by atoms with van der Waals surface area (Å²) in [5.74, 6) is -0.760. The fraction of sp³-hybridized carbons (Fsp3) is 0.167. The highest BCUT2D eigenvalue weighted by molar-refractivity contribution is 6.02. The summed E-state index contributed by atoms with van der Waals surface area (Å²) in [6.45, 7) is 5.63. The molecule has 2 heterocycles. The molecule has 0 saturated carbocycles. The second-order valence-electron chi connectivity index (χ2n) is 7.90. The maximum atomic E-state index is 14.9. The number of aromatic nitrogens is 3. The van der Waals surface area contributed by atoms with E-state index in [1.54, 1.807) is 42.6 Å². The van der Waals surface area contributed by atoms with E-state index >= 15 is 0 Å². The summed E-state index contributed by atoms with van der Waals surface area (Å²) in [6, 6.07) is 10.4. The van der Waals surface area contributed by atoms with Crippen LogP contribution in [0.1, 0.15) is 29.8 Å². The summed E-state index contributed by atoms with van der Waals surface area (Å²) in [5.41, 5.74) is 3.45. The van der Waals surface area contributed by atoms with Crippen LogP contribution >= 0.6 is 0 Å². The third kappa shape index (κ3) is 4.82. The van der Waals surface area contributed by atoms with Crippen LogP contribution in [0.2, 0.25) is 0 Å². The predicted molar refractivity (Wildman–Crippen MR) is 126 cm³/mol. The average molecular weight is 446 g/mol. The van der Waals surface area contributed by atoms with Crippen molar-refractivity contribution < 1.29 is 14.0 Å². The third-order valence-electron chi connectivity index (χ3n) is 4.95. The van der Waals surface area contributed by atoms with E-state index in [1.165, 1.54) is 12.4 Å². The second-order valence-corrected chi connectivity index (χ2v) is 7.90. The molecule has 0 spiro atoms. The molecule has 0 aliphatic heterocycles. The van der Waals surface area contributed by atoms with Gasteiger partial charge in [0.25, 0.3) is 5.91 Å². The Kier molecular flexibility index (Phi) is 6.03. The number of amides is 3. The summed E-state index contributed by atoms with van der Waals surface area (Å²) >= 11 is 0. The number of nitrogens with zero attached hydrogens (tertiary/aromatic N) is 2.